The summed E-state index contributed by atoms with van der Waals surface area (Å²) >= 11 is 0. The van der Waals surface area contributed by atoms with Crippen LogP contribution in [0.4, 0.5) is 0 Å². The molecular weight excluding hydrogens is 712 g/mol. The van der Waals surface area contributed by atoms with Gasteiger partial charge in [0.05, 0.1) is 11.1 Å². The minimum Gasteiger partial charge on any atom is -0.507 e. The molecule has 0 amide bonds. The fourth-order valence-corrected chi connectivity index (χ4v) is 5.49. The monoisotopic (exact) mass is 738 g/mol. The number of nitrogens with zero attached hydrogens (tertiary/aromatic N) is 2. The van der Waals surface area contributed by atoms with Crippen molar-refractivity contribution < 1.29 is 30.6 Å². The zero-order valence-electron chi connectivity index (χ0n) is 23.3. The van der Waals surface area contributed by atoms with Crippen molar-refractivity contribution in [3.63, 3.8) is 0 Å². The molecule has 43 heavy (non-hydrogen) atoms. The van der Waals surface area contributed by atoms with Crippen molar-refractivity contribution in [3.05, 3.63) is 151 Å². The number of aromatic hydroxyl groups is 1. The minimum atomic E-state index is 0. The average molecular weight is 739 g/mol. The van der Waals surface area contributed by atoms with E-state index in [4.69, 9.17) is 9.40 Å². The summed E-state index contributed by atoms with van der Waals surface area (Å²) in [6, 6.07) is 45.7. The van der Waals surface area contributed by atoms with Crippen LogP contribution in [0.1, 0.15) is 24.0 Å². The van der Waals surface area contributed by atoms with Gasteiger partial charge in [0.1, 0.15) is 11.3 Å². The van der Waals surface area contributed by atoms with Gasteiger partial charge in [0, 0.05) is 33.0 Å². The second kappa shape index (κ2) is 12.2. The van der Waals surface area contributed by atoms with Crippen LogP contribution < -0.4 is 0 Å². The summed E-state index contributed by atoms with van der Waals surface area (Å²) in [5, 5.41) is 10.9. The average Bonchev–Trinajstić information content (AvgIpc) is 3.50. The second-order valence-electron chi connectivity index (χ2n) is 10.3. The Morgan fingerprint density at radius 1 is 0.721 bits per heavy atom. The Balaban J connectivity index is 0.00000329. The Bertz CT molecular complexity index is 2010. The second-order valence-corrected chi connectivity index (χ2v) is 10.3. The number of hydrogen-bond acceptors (Lipinski definition) is 4. The number of fused-ring (bicyclic) bond motifs is 1. The van der Waals surface area contributed by atoms with Crippen LogP contribution in [0.2, 0.25) is 0 Å². The molecular formula is C38H27N2O2Pt-. The van der Waals surface area contributed by atoms with Gasteiger partial charge in [0.25, 0.3) is 0 Å². The van der Waals surface area contributed by atoms with Crippen molar-refractivity contribution in [3.8, 4) is 50.7 Å². The molecule has 0 radical (unpaired) electrons. The molecule has 0 aliphatic heterocycles. The number of phenolic OH excluding ortho intramolecular Hbond substituents is 1. The summed E-state index contributed by atoms with van der Waals surface area (Å²) in [6.45, 7) is 2.21. The van der Waals surface area contributed by atoms with Gasteiger partial charge in [0.15, 0.2) is 0 Å². The first-order chi connectivity index (χ1) is 20.7. The molecule has 5 aromatic carbocycles. The number of oxazole rings is 1. The van der Waals surface area contributed by atoms with Gasteiger partial charge in [-0.2, -0.15) is 0 Å². The predicted molar refractivity (Wildman–Crippen MR) is 168 cm³/mol. The molecule has 1 unspecified atom stereocenters. The minimum absolute atomic E-state index is 0. The van der Waals surface area contributed by atoms with E-state index in [9.17, 15) is 5.11 Å². The molecule has 0 fully saturated rings. The summed E-state index contributed by atoms with van der Waals surface area (Å²) in [5.41, 5.74) is 9.88. The molecule has 2 heterocycles. The van der Waals surface area contributed by atoms with Gasteiger partial charge in [-0.25, -0.2) is 4.98 Å². The first-order valence-corrected chi connectivity index (χ1v) is 14.0. The molecule has 1 N–H and O–H groups in total. The SMILES string of the molecule is CC(c1ccccc1)c1ccc2oc(-c3cc(-c4ccccc4)ccc3O)nc2c1-c1[c-]c(-c2ccccn2)ccc1.[Pt]. The van der Waals surface area contributed by atoms with E-state index in [1.165, 1.54) is 5.56 Å². The van der Waals surface area contributed by atoms with E-state index in [0.717, 1.165) is 44.6 Å². The molecule has 0 aliphatic rings. The smallest absolute Gasteiger partial charge is 0.230 e. The molecule has 4 nitrogen and oxygen atoms in total. The summed E-state index contributed by atoms with van der Waals surface area (Å²) in [6.07, 6.45) is 1.79. The normalized spacial score (nSPS) is 11.7. The third-order valence-corrected chi connectivity index (χ3v) is 7.70. The first-order valence-electron chi connectivity index (χ1n) is 14.0. The molecule has 0 saturated carbocycles. The van der Waals surface area contributed by atoms with Crippen molar-refractivity contribution in [2.24, 2.45) is 0 Å². The topological polar surface area (TPSA) is 59.2 Å². The summed E-state index contributed by atoms with van der Waals surface area (Å²) < 4.78 is 6.35. The number of rotatable bonds is 6. The van der Waals surface area contributed by atoms with Crippen LogP contribution in [0.3, 0.4) is 0 Å². The van der Waals surface area contributed by atoms with Crippen LogP contribution in [0.5, 0.6) is 5.75 Å². The Labute approximate surface area is 265 Å². The van der Waals surface area contributed by atoms with Gasteiger partial charge in [-0.15, -0.1) is 29.8 Å². The van der Waals surface area contributed by atoms with Crippen LogP contribution in [0.15, 0.2) is 138 Å². The van der Waals surface area contributed by atoms with Crippen molar-refractivity contribution >= 4 is 11.1 Å². The molecule has 5 heteroatoms. The van der Waals surface area contributed by atoms with Gasteiger partial charge in [0.2, 0.25) is 5.89 Å². The number of phenols is 1. The molecule has 7 aromatic rings. The Morgan fingerprint density at radius 2 is 1.47 bits per heavy atom. The van der Waals surface area contributed by atoms with Crippen LogP contribution in [-0.2, 0) is 21.1 Å². The summed E-state index contributed by atoms with van der Waals surface area (Å²) in [5.74, 6) is 0.573. The maximum Gasteiger partial charge on any atom is 0.230 e. The number of pyridine rings is 1. The quantitative estimate of drug-likeness (QED) is 0.173. The van der Waals surface area contributed by atoms with Gasteiger partial charge in [-0.1, -0.05) is 103 Å². The summed E-state index contributed by atoms with van der Waals surface area (Å²) in [7, 11) is 0. The van der Waals surface area contributed by atoms with Gasteiger partial charge < -0.3 is 9.52 Å². The Hall–Kier alpha value is -4.79. The fraction of sp³-hybridized carbons (Fsp3) is 0.0526. The third-order valence-electron chi connectivity index (χ3n) is 7.70. The van der Waals surface area contributed by atoms with Crippen molar-refractivity contribution in [1.29, 1.82) is 0 Å². The van der Waals surface area contributed by atoms with E-state index in [2.05, 4.69) is 54.4 Å². The Kier molecular flexibility index (Phi) is 8.05. The predicted octanol–water partition coefficient (Wildman–Crippen LogP) is 9.55. The standard InChI is InChI=1S/C38H27N2O2.Pt/c1-25(26-11-4-2-5-12-26)31-19-21-35-37(36(31)30-16-10-15-29(23-30)33-17-8-9-22-39-33)40-38(42-35)32-24-28(18-20-34(32)41)27-13-6-3-7-14-27;/h2-22,24-25,41H,1H3;/q-1;. The van der Waals surface area contributed by atoms with Crippen LogP contribution in [0.25, 0.3) is 56.1 Å². The van der Waals surface area contributed by atoms with Crippen LogP contribution in [0, 0.1) is 6.07 Å². The van der Waals surface area contributed by atoms with Crippen molar-refractivity contribution in [2.75, 3.05) is 0 Å². The molecule has 0 spiro atoms. The third kappa shape index (κ3) is 5.54. The molecule has 7 rings (SSSR count). The van der Waals surface area contributed by atoms with E-state index < -0.39 is 0 Å². The fourth-order valence-electron chi connectivity index (χ4n) is 5.49. The largest absolute Gasteiger partial charge is 0.507 e. The van der Waals surface area contributed by atoms with Crippen LogP contribution in [-0.4, -0.2) is 15.1 Å². The molecule has 212 valence electrons. The molecule has 0 bridgehead atoms. The maximum atomic E-state index is 10.9. The van der Waals surface area contributed by atoms with Gasteiger partial charge in [-0.05, 0) is 52.4 Å². The first kappa shape index (κ1) is 28.3. The van der Waals surface area contributed by atoms with E-state index in [0.29, 0.717) is 17.0 Å². The molecule has 1 atom stereocenters. The zero-order chi connectivity index (χ0) is 28.5. The molecule has 0 aliphatic carbocycles. The summed E-state index contributed by atoms with van der Waals surface area (Å²) in [4.78, 5) is 9.58. The zero-order valence-corrected chi connectivity index (χ0v) is 25.6. The van der Waals surface area contributed by atoms with E-state index in [1.54, 1.807) is 12.3 Å². The van der Waals surface area contributed by atoms with E-state index in [1.807, 2.05) is 84.9 Å². The van der Waals surface area contributed by atoms with Gasteiger partial charge >= 0.3 is 0 Å². The van der Waals surface area contributed by atoms with Crippen molar-refractivity contribution in [1.82, 2.24) is 9.97 Å². The van der Waals surface area contributed by atoms with E-state index in [-0.39, 0.29) is 32.7 Å². The molecule has 2 aromatic heterocycles. The number of aromatic nitrogens is 2. The molecule has 0 saturated heterocycles. The van der Waals surface area contributed by atoms with Gasteiger partial charge in [-0.3, -0.25) is 4.98 Å². The van der Waals surface area contributed by atoms with Crippen molar-refractivity contribution in [2.45, 2.75) is 12.8 Å². The maximum absolute atomic E-state index is 10.9. The number of benzene rings is 5. The van der Waals surface area contributed by atoms with E-state index >= 15 is 0 Å². The van der Waals surface area contributed by atoms with Crippen LogP contribution >= 0.6 is 0 Å². The number of hydrogen-bond donors (Lipinski definition) is 1. The Morgan fingerprint density at radius 3 is 2.23 bits per heavy atom.